The topological polar surface area (TPSA) is 55.8 Å². The minimum atomic E-state index is -0.841. The molecule has 1 fully saturated rings. The average Bonchev–Trinajstić information content (AvgIpc) is 1.79. The van der Waals surface area contributed by atoms with Gasteiger partial charge in [0.1, 0.15) is 3.61 Å². The number of rotatable bonds is 2. The van der Waals surface area contributed by atoms with Crippen LogP contribution < -0.4 is 0 Å². The van der Waals surface area contributed by atoms with Crippen LogP contribution in [0.2, 0.25) is 0 Å². The first-order valence-electron chi connectivity index (χ1n) is 4.08. The van der Waals surface area contributed by atoms with Gasteiger partial charge in [-0.3, -0.25) is 4.79 Å². The number of carbonyl (C=O) groups is 1. The fourth-order valence-electron chi connectivity index (χ4n) is 1.32. The number of halogens is 1. The van der Waals surface area contributed by atoms with Crippen molar-refractivity contribution >= 4 is 28.6 Å². The molecule has 1 rings (SSSR count). The number of hydrogen-bond acceptors (Lipinski definition) is 3. The number of ether oxygens (including phenoxy) is 2. The van der Waals surface area contributed by atoms with E-state index in [9.17, 15) is 4.79 Å². The minimum Gasteiger partial charge on any atom is -0.481 e. The van der Waals surface area contributed by atoms with Gasteiger partial charge < -0.3 is 14.6 Å². The molecule has 0 radical (unpaired) electrons. The van der Waals surface area contributed by atoms with Gasteiger partial charge >= 0.3 is 5.97 Å². The Labute approximate surface area is 90.7 Å². The zero-order chi connectivity index (χ0) is 10.1. The van der Waals surface area contributed by atoms with Crippen LogP contribution in [-0.4, -0.2) is 27.1 Å². The highest BCUT2D eigenvalue weighted by molar-refractivity contribution is 14.1. The summed E-state index contributed by atoms with van der Waals surface area (Å²) in [4.78, 5) is 10.6. The number of carboxylic acids is 1. The lowest BCUT2D eigenvalue weighted by Crippen LogP contribution is -2.46. The van der Waals surface area contributed by atoms with Gasteiger partial charge in [0, 0.05) is 6.42 Å². The van der Waals surface area contributed by atoms with Crippen LogP contribution >= 0.6 is 22.6 Å². The molecule has 1 unspecified atom stereocenters. The summed E-state index contributed by atoms with van der Waals surface area (Å²) >= 11 is 2.05. The molecule has 4 nitrogen and oxygen atoms in total. The molecule has 1 saturated heterocycles. The summed E-state index contributed by atoms with van der Waals surface area (Å²) in [6.45, 7) is 4.13. The van der Waals surface area contributed by atoms with E-state index in [0.29, 0.717) is 13.0 Å². The van der Waals surface area contributed by atoms with E-state index in [4.69, 9.17) is 14.6 Å². The maximum atomic E-state index is 10.6. The molecule has 0 bridgehead atoms. The molecular formula is C8H13IO4. The second-order valence-electron chi connectivity index (χ2n) is 3.55. The lowest BCUT2D eigenvalue weighted by Gasteiger charge is -2.40. The van der Waals surface area contributed by atoms with Gasteiger partial charge in [-0.1, -0.05) is 0 Å². The van der Waals surface area contributed by atoms with Gasteiger partial charge in [-0.05, 0) is 36.4 Å². The van der Waals surface area contributed by atoms with Crippen LogP contribution in [0.1, 0.15) is 26.7 Å². The Morgan fingerprint density at radius 1 is 1.62 bits per heavy atom. The average molecular weight is 300 g/mol. The van der Waals surface area contributed by atoms with Gasteiger partial charge in [-0.15, -0.1) is 0 Å². The van der Waals surface area contributed by atoms with Crippen molar-refractivity contribution in [1.82, 2.24) is 0 Å². The molecule has 0 aromatic heterocycles. The molecule has 1 N–H and O–H groups in total. The Hall–Kier alpha value is 0.120. The van der Waals surface area contributed by atoms with Crippen molar-refractivity contribution in [3.05, 3.63) is 0 Å². The maximum absolute atomic E-state index is 10.6. The quantitative estimate of drug-likeness (QED) is 0.624. The van der Waals surface area contributed by atoms with Gasteiger partial charge in [-0.25, -0.2) is 0 Å². The third-order valence-corrected chi connectivity index (χ3v) is 2.91. The number of hydrogen-bond donors (Lipinski definition) is 1. The molecule has 0 amide bonds. The monoisotopic (exact) mass is 300 g/mol. The van der Waals surface area contributed by atoms with Gasteiger partial charge in [0.15, 0.2) is 5.79 Å². The molecule has 1 aliphatic heterocycles. The third kappa shape index (κ3) is 3.40. The van der Waals surface area contributed by atoms with E-state index in [0.717, 1.165) is 0 Å². The van der Waals surface area contributed by atoms with Crippen LogP contribution in [0.25, 0.3) is 0 Å². The fourth-order valence-corrected chi connectivity index (χ4v) is 2.40. The van der Waals surface area contributed by atoms with E-state index in [1.54, 1.807) is 13.8 Å². The second-order valence-corrected chi connectivity index (χ2v) is 5.52. The van der Waals surface area contributed by atoms with Crippen molar-refractivity contribution in [2.75, 3.05) is 6.61 Å². The summed E-state index contributed by atoms with van der Waals surface area (Å²) in [6, 6.07) is 0. The zero-order valence-corrected chi connectivity index (χ0v) is 9.83. The highest BCUT2D eigenvalue weighted by Gasteiger charge is 2.41. The van der Waals surface area contributed by atoms with E-state index >= 15 is 0 Å². The summed E-state index contributed by atoms with van der Waals surface area (Å²) in [6.07, 6.45) is 0.629. The highest BCUT2D eigenvalue weighted by Crippen LogP contribution is 2.38. The molecule has 5 heteroatoms. The van der Waals surface area contributed by atoms with Crippen LogP contribution in [0.4, 0.5) is 0 Å². The van der Waals surface area contributed by atoms with E-state index in [1.807, 2.05) is 22.6 Å². The van der Waals surface area contributed by atoms with Gasteiger partial charge in [0.2, 0.25) is 0 Å². The fraction of sp³-hybridized carbons (Fsp3) is 0.875. The minimum absolute atomic E-state index is 0.0142. The van der Waals surface area contributed by atoms with Gasteiger partial charge in [-0.2, -0.15) is 0 Å². The molecule has 0 spiro atoms. The molecule has 76 valence electrons. The van der Waals surface area contributed by atoms with Crippen LogP contribution in [-0.2, 0) is 14.3 Å². The Balaban J connectivity index is 2.63. The number of carboxylic acid groups (broad SMARTS) is 1. The number of alkyl halides is 1. The van der Waals surface area contributed by atoms with E-state index < -0.39 is 15.4 Å². The normalized spacial score (nSPS) is 32.8. The van der Waals surface area contributed by atoms with Crippen molar-refractivity contribution in [2.24, 2.45) is 0 Å². The summed E-state index contributed by atoms with van der Waals surface area (Å²) in [5.74, 6) is -1.51. The second kappa shape index (κ2) is 3.70. The smallest absolute Gasteiger partial charge is 0.307 e. The lowest BCUT2D eigenvalue weighted by molar-refractivity contribution is -0.279. The summed E-state index contributed by atoms with van der Waals surface area (Å²) in [5.41, 5.74) is 0. The first kappa shape index (κ1) is 11.2. The predicted octanol–water partition coefficient (Wildman–Crippen LogP) is 1.77. The summed E-state index contributed by atoms with van der Waals surface area (Å²) in [5, 5.41) is 8.68. The highest BCUT2D eigenvalue weighted by atomic mass is 127. The number of aliphatic carboxylic acids is 1. The molecule has 0 aromatic carbocycles. The Kier molecular flexibility index (Phi) is 3.19. The van der Waals surface area contributed by atoms with E-state index in [-0.39, 0.29) is 6.42 Å². The zero-order valence-electron chi connectivity index (χ0n) is 7.67. The van der Waals surface area contributed by atoms with Gasteiger partial charge in [0.25, 0.3) is 0 Å². The first-order chi connectivity index (χ1) is 5.83. The molecule has 0 aliphatic carbocycles. The summed E-state index contributed by atoms with van der Waals surface area (Å²) in [7, 11) is 0. The van der Waals surface area contributed by atoms with E-state index in [1.165, 1.54) is 0 Å². The predicted molar refractivity (Wildman–Crippen MR) is 54.7 cm³/mol. The molecule has 1 aliphatic rings. The van der Waals surface area contributed by atoms with Crippen molar-refractivity contribution in [3.63, 3.8) is 0 Å². The van der Waals surface area contributed by atoms with Crippen LogP contribution in [0.5, 0.6) is 0 Å². The maximum Gasteiger partial charge on any atom is 0.307 e. The Bertz CT molecular complexity index is 216. The SMILES string of the molecule is CC1(C)OCCC(I)(CC(=O)O)O1. The van der Waals surface area contributed by atoms with Crippen LogP contribution in [0.3, 0.4) is 0 Å². The molecule has 0 saturated carbocycles. The van der Waals surface area contributed by atoms with Crippen molar-refractivity contribution in [3.8, 4) is 0 Å². The Morgan fingerprint density at radius 3 is 2.69 bits per heavy atom. The van der Waals surface area contributed by atoms with E-state index in [2.05, 4.69) is 0 Å². The van der Waals surface area contributed by atoms with Crippen molar-refractivity contribution in [1.29, 1.82) is 0 Å². The molecule has 1 heterocycles. The lowest BCUT2D eigenvalue weighted by atomic mass is 10.1. The molecule has 13 heavy (non-hydrogen) atoms. The van der Waals surface area contributed by atoms with Crippen LogP contribution in [0, 0.1) is 0 Å². The summed E-state index contributed by atoms with van der Waals surface area (Å²) < 4.78 is 10.3. The molecule has 0 aromatic rings. The Morgan fingerprint density at radius 2 is 2.23 bits per heavy atom. The van der Waals surface area contributed by atoms with Crippen molar-refractivity contribution in [2.45, 2.75) is 36.1 Å². The first-order valence-corrected chi connectivity index (χ1v) is 5.16. The molecule has 1 atom stereocenters. The van der Waals surface area contributed by atoms with Gasteiger partial charge in [0.05, 0.1) is 13.0 Å². The molecular weight excluding hydrogens is 287 g/mol. The van der Waals surface area contributed by atoms with Crippen LogP contribution in [0.15, 0.2) is 0 Å². The standard InChI is InChI=1S/C8H13IO4/c1-7(2)12-4-3-8(9,13-7)5-6(10)11/h3-5H2,1-2H3,(H,10,11). The largest absolute Gasteiger partial charge is 0.481 e. The third-order valence-electron chi connectivity index (χ3n) is 1.77. The van der Waals surface area contributed by atoms with Crippen molar-refractivity contribution < 1.29 is 19.4 Å².